The molecule has 0 aliphatic carbocycles. The van der Waals surface area contributed by atoms with Gasteiger partial charge in [0.05, 0.1) is 12.3 Å². The molecular formula is C18H26ClIN4O. The Balaban J connectivity index is 0.00000312. The SMILES string of the molecule is CN=C(NCC(c1ccco1)N(C)C)N(C)Cc1ccccc1Cl.I. The Morgan fingerprint density at radius 2 is 1.92 bits per heavy atom. The Kier molecular flexibility index (Phi) is 9.31. The largest absolute Gasteiger partial charge is 0.468 e. The molecule has 0 aliphatic heterocycles. The normalized spacial score (nSPS) is 12.6. The van der Waals surface area contributed by atoms with Crippen molar-refractivity contribution < 1.29 is 4.42 Å². The minimum absolute atomic E-state index is 0. The van der Waals surface area contributed by atoms with Crippen LogP contribution in [0.4, 0.5) is 0 Å². The van der Waals surface area contributed by atoms with E-state index in [2.05, 4.69) is 20.1 Å². The van der Waals surface area contributed by atoms with E-state index in [0.717, 1.165) is 22.3 Å². The van der Waals surface area contributed by atoms with Gasteiger partial charge in [-0.25, -0.2) is 0 Å². The molecule has 0 saturated carbocycles. The quantitative estimate of drug-likeness (QED) is 0.391. The first kappa shape index (κ1) is 21.8. The molecule has 1 heterocycles. The van der Waals surface area contributed by atoms with E-state index in [4.69, 9.17) is 16.0 Å². The predicted molar refractivity (Wildman–Crippen MR) is 115 cm³/mol. The van der Waals surface area contributed by atoms with E-state index in [0.29, 0.717) is 13.1 Å². The molecule has 7 heteroatoms. The standard InChI is InChI=1S/C18H25ClN4O.HI/c1-20-18(23(4)13-14-8-5-6-9-15(14)19)21-12-16(22(2)3)17-10-7-11-24-17;/h5-11,16H,12-13H2,1-4H3,(H,20,21);1H. The highest BCUT2D eigenvalue weighted by Crippen LogP contribution is 2.18. The number of likely N-dealkylation sites (N-methyl/N-ethyl adjacent to an activating group) is 1. The van der Waals surface area contributed by atoms with Crippen molar-refractivity contribution in [2.45, 2.75) is 12.6 Å². The first-order valence-corrected chi connectivity index (χ1v) is 8.25. The average Bonchev–Trinajstić information content (AvgIpc) is 3.07. The van der Waals surface area contributed by atoms with Crippen LogP contribution in [0.15, 0.2) is 52.1 Å². The van der Waals surface area contributed by atoms with Crippen LogP contribution in [0.2, 0.25) is 5.02 Å². The lowest BCUT2D eigenvalue weighted by Crippen LogP contribution is -2.42. The van der Waals surface area contributed by atoms with Crippen LogP contribution < -0.4 is 5.32 Å². The molecule has 1 unspecified atom stereocenters. The Bertz CT molecular complexity index is 661. The number of rotatable bonds is 6. The molecule has 25 heavy (non-hydrogen) atoms. The third-order valence-electron chi connectivity index (χ3n) is 3.89. The lowest BCUT2D eigenvalue weighted by molar-refractivity contribution is 0.256. The van der Waals surface area contributed by atoms with Gasteiger partial charge < -0.3 is 14.6 Å². The lowest BCUT2D eigenvalue weighted by atomic mass is 10.2. The summed E-state index contributed by atoms with van der Waals surface area (Å²) >= 11 is 6.25. The zero-order valence-corrected chi connectivity index (χ0v) is 18.2. The molecule has 1 N–H and O–H groups in total. The summed E-state index contributed by atoms with van der Waals surface area (Å²) in [5.41, 5.74) is 1.07. The number of guanidine groups is 1. The zero-order chi connectivity index (χ0) is 17.5. The number of aliphatic imine (C=N–C) groups is 1. The van der Waals surface area contributed by atoms with Gasteiger partial charge in [-0.2, -0.15) is 0 Å². The summed E-state index contributed by atoms with van der Waals surface area (Å²) in [6.07, 6.45) is 1.70. The summed E-state index contributed by atoms with van der Waals surface area (Å²) in [6, 6.07) is 11.9. The highest BCUT2D eigenvalue weighted by Gasteiger charge is 2.18. The molecular weight excluding hydrogens is 451 g/mol. The minimum atomic E-state index is 0. The van der Waals surface area contributed by atoms with Crippen LogP contribution >= 0.6 is 35.6 Å². The minimum Gasteiger partial charge on any atom is -0.468 e. The van der Waals surface area contributed by atoms with Crippen LogP contribution in [0.1, 0.15) is 17.4 Å². The van der Waals surface area contributed by atoms with Crippen LogP contribution in [0.3, 0.4) is 0 Å². The van der Waals surface area contributed by atoms with E-state index in [1.165, 1.54) is 0 Å². The molecule has 5 nitrogen and oxygen atoms in total. The topological polar surface area (TPSA) is 44.0 Å². The van der Waals surface area contributed by atoms with Crippen molar-refractivity contribution >= 4 is 41.5 Å². The van der Waals surface area contributed by atoms with Crippen LogP contribution in [-0.2, 0) is 6.54 Å². The van der Waals surface area contributed by atoms with Crippen molar-refractivity contribution in [1.82, 2.24) is 15.1 Å². The highest BCUT2D eigenvalue weighted by molar-refractivity contribution is 14.0. The van der Waals surface area contributed by atoms with Crippen LogP contribution in [0.25, 0.3) is 0 Å². The van der Waals surface area contributed by atoms with Gasteiger partial charge in [-0.15, -0.1) is 24.0 Å². The maximum Gasteiger partial charge on any atom is 0.193 e. The van der Waals surface area contributed by atoms with E-state index in [9.17, 15) is 0 Å². The van der Waals surface area contributed by atoms with Gasteiger partial charge in [0.25, 0.3) is 0 Å². The average molecular weight is 477 g/mol. The zero-order valence-electron chi connectivity index (χ0n) is 15.1. The van der Waals surface area contributed by atoms with Gasteiger partial charge in [0.1, 0.15) is 5.76 Å². The number of furan rings is 1. The summed E-state index contributed by atoms with van der Waals surface area (Å²) in [5, 5.41) is 4.18. The molecule has 2 rings (SSSR count). The fourth-order valence-corrected chi connectivity index (χ4v) is 2.74. The fourth-order valence-electron chi connectivity index (χ4n) is 2.55. The van der Waals surface area contributed by atoms with E-state index >= 15 is 0 Å². The molecule has 1 atom stereocenters. The maximum atomic E-state index is 6.25. The lowest BCUT2D eigenvalue weighted by Gasteiger charge is -2.27. The summed E-state index contributed by atoms with van der Waals surface area (Å²) in [4.78, 5) is 8.54. The number of hydrogen-bond donors (Lipinski definition) is 1. The summed E-state index contributed by atoms with van der Waals surface area (Å²) < 4.78 is 5.54. The van der Waals surface area contributed by atoms with E-state index < -0.39 is 0 Å². The van der Waals surface area contributed by atoms with Crippen molar-refractivity contribution in [2.75, 3.05) is 34.7 Å². The number of hydrogen-bond acceptors (Lipinski definition) is 3. The van der Waals surface area contributed by atoms with Crippen molar-refractivity contribution in [3.63, 3.8) is 0 Å². The first-order valence-electron chi connectivity index (χ1n) is 7.88. The fraction of sp³-hybridized carbons (Fsp3) is 0.389. The second-order valence-corrected chi connectivity index (χ2v) is 6.28. The molecule has 0 saturated heterocycles. The third kappa shape index (κ3) is 6.20. The van der Waals surface area contributed by atoms with Crippen molar-refractivity contribution in [3.8, 4) is 0 Å². The Morgan fingerprint density at radius 3 is 2.48 bits per heavy atom. The van der Waals surface area contributed by atoms with Gasteiger partial charge >= 0.3 is 0 Å². The van der Waals surface area contributed by atoms with Crippen molar-refractivity contribution in [3.05, 3.63) is 59.0 Å². The number of halogens is 2. The second kappa shape index (κ2) is 10.7. The van der Waals surface area contributed by atoms with E-state index in [1.54, 1.807) is 13.3 Å². The molecule has 2 aromatic rings. The predicted octanol–water partition coefficient (Wildman–Crippen LogP) is 3.86. The molecule has 0 spiro atoms. The van der Waals surface area contributed by atoms with Gasteiger partial charge in [-0.3, -0.25) is 9.89 Å². The van der Waals surface area contributed by atoms with Gasteiger partial charge in [-0.1, -0.05) is 29.8 Å². The second-order valence-electron chi connectivity index (χ2n) is 5.87. The summed E-state index contributed by atoms with van der Waals surface area (Å²) in [6.45, 7) is 1.38. The van der Waals surface area contributed by atoms with E-state index in [-0.39, 0.29) is 30.0 Å². The Hall–Kier alpha value is -1.25. The van der Waals surface area contributed by atoms with Gasteiger partial charge in [0.2, 0.25) is 0 Å². The number of benzene rings is 1. The molecule has 0 radical (unpaired) electrons. The molecule has 1 aromatic carbocycles. The van der Waals surface area contributed by atoms with E-state index in [1.807, 2.05) is 57.5 Å². The smallest absolute Gasteiger partial charge is 0.193 e. The molecule has 1 aromatic heterocycles. The van der Waals surface area contributed by atoms with Gasteiger partial charge in [0, 0.05) is 32.2 Å². The monoisotopic (exact) mass is 476 g/mol. The summed E-state index contributed by atoms with van der Waals surface area (Å²) in [5.74, 6) is 1.74. The molecule has 0 fully saturated rings. The third-order valence-corrected chi connectivity index (χ3v) is 4.26. The molecule has 138 valence electrons. The maximum absolute atomic E-state index is 6.25. The summed E-state index contributed by atoms with van der Waals surface area (Å²) in [7, 11) is 7.84. The molecule has 0 bridgehead atoms. The van der Waals surface area contributed by atoms with Crippen LogP contribution in [0, 0.1) is 0 Å². The molecule has 0 amide bonds. The number of nitrogens with zero attached hydrogens (tertiary/aromatic N) is 3. The van der Waals surface area contributed by atoms with Crippen molar-refractivity contribution in [2.24, 2.45) is 4.99 Å². The Labute approximate surface area is 172 Å². The number of nitrogens with one attached hydrogen (secondary N) is 1. The highest BCUT2D eigenvalue weighted by atomic mass is 127. The van der Waals surface area contributed by atoms with Crippen molar-refractivity contribution in [1.29, 1.82) is 0 Å². The van der Waals surface area contributed by atoms with Crippen LogP contribution in [0.5, 0.6) is 0 Å². The van der Waals surface area contributed by atoms with Gasteiger partial charge in [0.15, 0.2) is 5.96 Å². The Morgan fingerprint density at radius 1 is 1.20 bits per heavy atom. The van der Waals surface area contributed by atoms with Crippen LogP contribution in [-0.4, -0.2) is 50.5 Å². The van der Waals surface area contributed by atoms with Gasteiger partial charge in [-0.05, 0) is 37.9 Å². The first-order chi connectivity index (χ1) is 11.5. The molecule has 0 aliphatic rings.